The lowest BCUT2D eigenvalue weighted by Crippen LogP contribution is -2.50. The van der Waals surface area contributed by atoms with Gasteiger partial charge < -0.3 is 14.9 Å². The molecule has 0 spiro atoms. The fourth-order valence-corrected chi connectivity index (χ4v) is 2.64. The maximum Gasteiger partial charge on any atom is 0.416 e. The predicted octanol–water partition coefficient (Wildman–Crippen LogP) is 2.37. The third kappa shape index (κ3) is 4.18. The summed E-state index contributed by atoms with van der Waals surface area (Å²) < 4.78 is 37.5. The van der Waals surface area contributed by atoms with Crippen molar-refractivity contribution in [1.29, 1.82) is 0 Å². The lowest BCUT2D eigenvalue weighted by atomic mass is 9.98. The Balaban J connectivity index is 2.01. The summed E-state index contributed by atoms with van der Waals surface area (Å²) in [6.45, 7) is 2.78. The largest absolute Gasteiger partial charge is 0.416 e. The molecule has 0 radical (unpaired) electrons. The summed E-state index contributed by atoms with van der Waals surface area (Å²) in [6.07, 6.45) is -4.56. The van der Waals surface area contributed by atoms with Crippen LogP contribution >= 0.6 is 0 Å². The second-order valence-electron chi connectivity index (χ2n) is 5.77. The van der Waals surface area contributed by atoms with Crippen LogP contribution in [-0.4, -0.2) is 54.7 Å². The molecule has 3 nitrogen and oxygen atoms in total. The van der Waals surface area contributed by atoms with E-state index in [1.54, 1.807) is 0 Å². The minimum Gasteiger partial charge on any atom is -0.388 e. The van der Waals surface area contributed by atoms with Crippen molar-refractivity contribution in [2.24, 2.45) is 0 Å². The van der Waals surface area contributed by atoms with E-state index < -0.39 is 17.8 Å². The van der Waals surface area contributed by atoms with Crippen molar-refractivity contribution in [3.63, 3.8) is 0 Å². The van der Waals surface area contributed by atoms with Crippen molar-refractivity contribution in [3.05, 3.63) is 35.4 Å². The van der Waals surface area contributed by atoms with Gasteiger partial charge in [0.25, 0.3) is 0 Å². The van der Waals surface area contributed by atoms with Gasteiger partial charge in [0, 0.05) is 25.7 Å². The SMILES string of the molecule is CN1CCN(C)C(CC(O)c2ccc(C(F)(F)F)cc2)C1. The van der Waals surface area contributed by atoms with Crippen LogP contribution in [0.1, 0.15) is 23.7 Å². The highest BCUT2D eigenvalue weighted by atomic mass is 19.4. The van der Waals surface area contributed by atoms with Crippen LogP contribution in [0.25, 0.3) is 0 Å². The Morgan fingerprint density at radius 3 is 2.38 bits per heavy atom. The molecule has 0 bridgehead atoms. The van der Waals surface area contributed by atoms with Crippen LogP contribution < -0.4 is 0 Å². The molecule has 0 aromatic heterocycles. The van der Waals surface area contributed by atoms with Gasteiger partial charge in [0.15, 0.2) is 0 Å². The van der Waals surface area contributed by atoms with Crippen LogP contribution in [0.4, 0.5) is 13.2 Å². The van der Waals surface area contributed by atoms with Gasteiger partial charge in [0.1, 0.15) is 0 Å². The molecular formula is C15H21F3N2O. The molecule has 2 rings (SSSR count). The Hall–Kier alpha value is -1.11. The van der Waals surface area contributed by atoms with E-state index in [1.807, 2.05) is 14.1 Å². The number of hydrogen-bond acceptors (Lipinski definition) is 3. The van der Waals surface area contributed by atoms with Crippen molar-refractivity contribution < 1.29 is 18.3 Å². The normalized spacial score (nSPS) is 23.2. The maximum atomic E-state index is 12.5. The summed E-state index contributed by atoms with van der Waals surface area (Å²) in [7, 11) is 4.04. The van der Waals surface area contributed by atoms with Crippen molar-refractivity contribution >= 4 is 0 Å². The molecule has 1 aliphatic rings. The number of aliphatic hydroxyl groups excluding tert-OH is 1. The number of alkyl halides is 3. The third-order valence-corrected chi connectivity index (χ3v) is 4.10. The quantitative estimate of drug-likeness (QED) is 0.928. The summed E-state index contributed by atoms with van der Waals surface area (Å²) in [5.74, 6) is 0. The van der Waals surface area contributed by atoms with E-state index in [4.69, 9.17) is 0 Å². The Bertz CT molecular complexity index is 461. The van der Waals surface area contributed by atoms with Crippen molar-refractivity contribution in [1.82, 2.24) is 9.80 Å². The summed E-state index contributed by atoms with van der Waals surface area (Å²) in [5, 5.41) is 10.2. The second-order valence-corrected chi connectivity index (χ2v) is 5.77. The highest BCUT2D eigenvalue weighted by molar-refractivity contribution is 5.26. The van der Waals surface area contributed by atoms with Gasteiger partial charge >= 0.3 is 6.18 Å². The van der Waals surface area contributed by atoms with Gasteiger partial charge in [-0.05, 0) is 38.2 Å². The zero-order valence-electron chi connectivity index (χ0n) is 12.3. The second kappa shape index (κ2) is 6.34. The zero-order chi connectivity index (χ0) is 15.6. The number of halogens is 3. The average molecular weight is 302 g/mol. The monoisotopic (exact) mass is 302 g/mol. The standard InChI is InChI=1S/C15H21F3N2O/c1-19-7-8-20(2)13(10-19)9-14(21)11-3-5-12(6-4-11)15(16,17)18/h3-6,13-14,21H,7-10H2,1-2H3. The van der Waals surface area contributed by atoms with Gasteiger partial charge in [0.05, 0.1) is 11.7 Å². The molecule has 2 atom stereocenters. The number of piperazine rings is 1. The summed E-state index contributed by atoms with van der Waals surface area (Å²) in [4.78, 5) is 4.39. The molecular weight excluding hydrogens is 281 g/mol. The predicted molar refractivity (Wildman–Crippen MR) is 74.9 cm³/mol. The first-order chi connectivity index (χ1) is 9.77. The first-order valence-electron chi connectivity index (χ1n) is 7.01. The number of benzene rings is 1. The molecule has 118 valence electrons. The van der Waals surface area contributed by atoms with E-state index >= 15 is 0 Å². The Morgan fingerprint density at radius 1 is 1.19 bits per heavy atom. The lowest BCUT2D eigenvalue weighted by Gasteiger charge is -2.38. The molecule has 1 fully saturated rings. The molecule has 1 aliphatic heterocycles. The molecule has 1 aromatic rings. The van der Waals surface area contributed by atoms with E-state index in [1.165, 1.54) is 12.1 Å². The van der Waals surface area contributed by atoms with Gasteiger partial charge in [-0.3, -0.25) is 0 Å². The highest BCUT2D eigenvalue weighted by Crippen LogP contribution is 2.30. The van der Waals surface area contributed by atoms with Crippen LogP contribution in [-0.2, 0) is 6.18 Å². The topological polar surface area (TPSA) is 26.7 Å². The van der Waals surface area contributed by atoms with Crippen LogP contribution in [0.2, 0.25) is 0 Å². The van der Waals surface area contributed by atoms with E-state index in [-0.39, 0.29) is 6.04 Å². The summed E-state index contributed by atoms with van der Waals surface area (Å²) in [6, 6.07) is 4.98. The van der Waals surface area contributed by atoms with E-state index in [2.05, 4.69) is 9.80 Å². The Morgan fingerprint density at radius 2 is 1.81 bits per heavy atom. The van der Waals surface area contributed by atoms with Crippen molar-refractivity contribution in [2.75, 3.05) is 33.7 Å². The molecule has 1 aromatic carbocycles. The van der Waals surface area contributed by atoms with Crippen LogP contribution in [0, 0.1) is 0 Å². The molecule has 0 saturated carbocycles. The van der Waals surface area contributed by atoms with E-state index in [0.29, 0.717) is 12.0 Å². The smallest absolute Gasteiger partial charge is 0.388 e. The minimum absolute atomic E-state index is 0.209. The van der Waals surface area contributed by atoms with Gasteiger partial charge in [-0.1, -0.05) is 12.1 Å². The van der Waals surface area contributed by atoms with Crippen molar-refractivity contribution in [3.8, 4) is 0 Å². The molecule has 1 heterocycles. The molecule has 1 saturated heterocycles. The Labute approximate surface area is 123 Å². The van der Waals surface area contributed by atoms with Gasteiger partial charge in [0.2, 0.25) is 0 Å². The fourth-order valence-electron chi connectivity index (χ4n) is 2.64. The first-order valence-corrected chi connectivity index (χ1v) is 7.01. The molecule has 2 unspecified atom stereocenters. The van der Waals surface area contributed by atoms with Gasteiger partial charge in [-0.25, -0.2) is 0 Å². The third-order valence-electron chi connectivity index (χ3n) is 4.10. The summed E-state index contributed by atoms with van der Waals surface area (Å²) >= 11 is 0. The number of aliphatic hydroxyl groups is 1. The van der Waals surface area contributed by atoms with Crippen LogP contribution in [0.5, 0.6) is 0 Å². The first kappa shape index (κ1) is 16.3. The fraction of sp³-hybridized carbons (Fsp3) is 0.600. The number of likely N-dealkylation sites (N-methyl/N-ethyl adjacent to an activating group) is 2. The summed E-state index contributed by atoms with van der Waals surface area (Å²) in [5.41, 5.74) is -0.155. The number of rotatable bonds is 3. The van der Waals surface area contributed by atoms with Crippen LogP contribution in [0.15, 0.2) is 24.3 Å². The maximum absolute atomic E-state index is 12.5. The van der Waals surface area contributed by atoms with Crippen molar-refractivity contribution in [2.45, 2.75) is 24.7 Å². The molecule has 6 heteroatoms. The average Bonchev–Trinajstić information content (AvgIpc) is 2.42. The van der Waals surface area contributed by atoms with E-state index in [9.17, 15) is 18.3 Å². The van der Waals surface area contributed by atoms with Gasteiger partial charge in [-0.15, -0.1) is 0 Å². The zero-order valence-corrected chi connectivity index (χ0v) is 12.3. The number of hydrogen-bond donors (Lipinski definition) is 1. The van der Waals surface area contributed by atoms with Gasteiger partial charge in [-0.2, -0.15) is 13.2 Å². The molecule has 1 N–H and O–H groups in total. The van der Waals surface area contributed by atoms with E-state index in [0.717, 1.165) is 31.8 Å². The molecule has 21 heavy (non-hydrogen) atoms. The molecule has 0 aliphatic carbocycles. The minimum atomic E-state index is -4.34. The Kier molecular flexibility index (Phi) is 4.91. The molecule has 0 amide bonds. The number of nitrogens with zero attached hydrogens (tertiary/aromatic N) is 2. The highest BCUT2D eigenvalue weighted by Gasteiger charge is 2.30. The lowest BCUT2D eigenvalue weighted by molar-refractivity contribution is -0.137. The van der Waals surface area contributed by atoms with Crippen LogP contribution in [0.3, 0.4) is 0 Å².